The number of hydrogen-bond donors (Lipinski definition) is 1. The van der Waals surface area contributed by atoms with Gasteiger partial charge in [0.2, 0.25) is 15.9 Å². The number of aromatic nitrogens is 1. The molecule has 9 heteroatoms. The Morgan fingerprint density at radius 2 is 1.66 bits per heavy atom. The second-order valence-corrected chi connectivity index (χ2v) is 10.4. The lowest BCUT2D eigenvalue weighted by molar-refractivity contribution is 0.102. The van der Waals surface area contributed by atoms with E-state index in [2.05, 4.69) is 10.3 Å². The van der Waals surface area contributed by atoms with Gasteiger partial charge in [-0.25, -0.2) is 22.1 Å². The zero-order valence-corrected chi connectivity index (χ0v) is 20.5. The van der Waals surface area contributed by atoms with Crippen LogP contribution in [-0.4, -0.2) is 37.7 Å². The molecule has 0 bridgehead atoms. The van der Waals surface area contributed by atoms with Crippen LogP contribution in [0.15, 0.2) is 76.2 Å². The summed E-state index contributed by atoms with van der Waals surface area (Å²) in [5.41, 5.74) is 2.79. The lowest BCUT2D eigenvalue weighted by Crippen LogP contribution is -2.23. The molecular weight excluding hydrogens is 469 g/mol. The number of carbonyl (C=O) groups is 1. The van der Waals surface area contributed by atoms with E-state index in [0.717, 1.165) is 15.4 Å². The third-order valence-electron chi connectivity index (χ3n) is 5.71. The van der Waals surface area contributed by atoms with Gasteiger partial charge >= 0.3 is 0 Å². The molecule has 4 aromatic rings. The molecule has 3 aromatic carbocycles. The van der Waals surface area contributed by atoms with Crippen molar-refractivity contribution in [3.05, 3.63) is 89.4 Å². The quantitative estimate of drug-likeness (QED) is 0.395. The second-order valence-electron chi connectivity index (χ2n) is 8.21. The molecule has 0 aliphatic rings. The Bertz CT molecular complexity index is 1530. The summed E-state index contributed by atoms with van der Waals surface area (Å²) in [6.45, 7) is 3.59. The fraction of sp³-hybridized carbons (Fsp3) is 0.154. The zero-order chi connectivity index (χ0) is 25.3. The van der Waals surface area contributed by atoms with E-state index in [4.69, 9.17) is 4.42 Å². The Hall–Kier alpha value is -3.82. The number of hydrogen-bond acceptors (Lipinski definition) is 5. The molecule has 0 saturated carbocycles. The maximum absolute atomic E-state index is 14.2. The first-order chi connectivity index (χ1) is 16.6. The van der Waals surface area contributed by atoms with Crippen LogP contribution in [0.3, 0.4) is 0 Å². The average molecular weight is 494 g/mol. The van der Waals surface area contributed by atoms with Crippen molar-refractivity contribution in [2.75, 3.05) is 19.4 Å². The first-order valence-corrected chi connectivity index (χ1v) is 12.2. The molecule has 1 aromatic heterocycles. The van der Waals surface area contributed by atoms with Crippen molar-refractivity contribution in [2.45, 2.75) is 18.7 Å². The fourth-order valence-electron chi connectivity index (χ4n) is 3.56. The Balaban J connectivity index is 1.70. The van der Waals surface area contributed by atoms with Gasteiger partial charge in [0, 0.05) is 25.3 Å². The summed E-state index contributed by atoms with van der Waals surface area (Å²) in [7, 11) is -0.792. The van der Waals surface area contributed by atoms with E-state index in [9.17, 15) is 17.6 Å². The van der Waals surface area contributed by atoms with Gasteiger partial charge in [-0.1, -0.05) is 24.3 Å². The van der Waals surface area contributed by atoms with Crippen LogP contribution in [-0.2, 0) is 10.0 Å². The van der Waals surface area contributed by atoms with Crippen molar-refractivity contribution in [3.8, 4) is 22.8 Å². The number of halogens is 1. The lowest BCUT2D eigenvalue weighted by atomic mass is 10.1. The maximum Gasteiger partial charge on any atom is 0.256 e. The van der Waals surface area contributed by atoms with Crippen LogP contribution >= 0.6 is 0 Å². The minimum atomic E-state index is -3.69. The third kappa shape index (κ3) is 4.73. The summed E-state index contributed by atoms with van der Waals surface area (Å²) in [4.78, 5) is 17.6. The van der Waals surface area contributed by atoms with Crippen molar-refractivity contribution >= 4 is 21.6 Å². The topological polar surface area (TPSA) is 92.5 Å². The van der Waals surface area contributed by atoms with Gasteiger partial charge in [0.15, 0.2) is 5.76 Å². The highest BCUT2D eigenvalue weighted by atomic mass is 32.2. The number of amides is 1. The molecule has 0 saturated heterocycles. The number of rotatable bonds is 6. The molecule has 1 amide bonds. The van der Waals surface area contributed by atoms with Crippen molar-refractivity contribution in [3.63, 3.8) is 0 Å². The number of sulfonamides is 1. The average Bonchev–Trinajstić information content (AvgIpc) is 3.31. The highest BCUT2D eigenvalue weighted by Crippen LogP contribution is 2.31. The van der Waals surface area contributed by atoms with Gasteiger partial charge < -0.3 is 9.73 Å². The third-order valence-corrected chi connectivity index (χ3v) is 7.51. The molecular formula is C26H24FN3O4S. The number of nitrogens with one attached hydrogen (secondary N) is 1. The van der Waals surface area contributed by atoms with E-state index in [-0.39, 0.29) is 27.7 Å². The zero-order valence-electron chi connectivity index (χ0n) is 19.7. The summed E-state index contributed by atoms with van der Waals surface area (Å²) in [5.74, 6) is -0.514. The summed E-state index contributed by atoms with van der Waals surface area (Å²) >= 11 is 0. The van der Waals surface area contributed by atoms with E-state index in [1.54, 1.807) is 62.4 Å². The summed E-state index contributed by atoms with van der Waals surface area (Å²) in [6, 6.07) is 15.9. The van der Waals surface area contributed by atoms with Crippen molar-refractivity contribution in [2.24, 2.45) is 0 Å². The van der Waals surface area contributed by atoms with Gasteiger partial charge in [-0.15, -0.1) is 0 Å². The van der Waals surface area contributed by atoms with Gasteiger partial charge in [-0.3, -0.25) is 4.79 Å². The minimum absolute atomic E-state index is 0.0800. The summed E-state index contributed by atoms with van der Waals surface area (Å²) < 4.78 is 46.4. The van der Waals surface area contributed by atoms with Crippen LogP contribution in [0.5, 0.6) is 0 Å². The maximum atomic E-state index is 14.2. The van der Waals surface area contributed by atoms with Crippen LogP contribution in [0.2, 0.25) is 0 Å². The van der Waals surface area contributed by atoms with E-state index in [1.807, 2.05) is 0 Å². The first-order valence-electron chi connectivity index (χ1n) is 10.7. The Labute approximate surface area is 203 Å². The van der Waals surface area contributed by atoms with E-state index in [0.29, 0.717) is 11.3 Å². The Kier molecular flexibility index (Phi) is 6.56. The SMILES string of the molecule is Cc1cc(S(=O)(=O)N(C)C)cc(NC(=O)c2ccccc2-c2ncc(-c3ccccc3F)o2)c1C. The van der Waals surface area contributed by atoms with Gasteiger partial charge in [0.05, 0.1) is 22.2 Å². The fourth-order valence-corrected chi connectivity index (χ4v) is 4.57. The molecule has 0 aliphatic carbocycles. The van der Waals surface area contributed by atoms with Gasteiger partial charge in [0.25, 0.3) is 5.91 Å². The standard InChI is InChI=1S/C26H24FN3O4S/c1-16-13-18(35(32,33)30(3)4)14-23(17(16)2)29-25(31)19-9-5-6-10-20(19)26-28-15-24(34-26)21-11-7-8-12-22(21)27/h5-15H,1-4H3,(H,29,31). The number of oxazole rings is 1. The monoisotopic (exact) mass is 493 g/mol. The smallest absolute Gasteiger partial charge is 0.256 e. The van der Waals surface area contributed by atoms with Crippen LogP contribution in [0, 0.1) is 19.7 Å². The van der Waals surface area contributed by atoms with Crippen LogP contribution < -0.4 is 5.32 Å². The van der Waals surface area contributed by atoms with Crippen molar-refractivity contribution in [1.29, 1.82) is 0 Å². The number of aryl methyl sites for hydroxylation is 1. The molecule has 35 heavy (non-hydrogen) atoms. The normalized spacial score (nSPS) is 11.6. The number of anilines is 1. The van der Waals surface area contributed by atoms with Crippen LogP contribution in [0.4, 0.5) is 10.1 Å². The van der Waals surface area contributed by atoms with Crippen molar-refractivity contribution in [1.82, 2.24) is 9.29 Å². The van der Waals surface area contributed by atoms with Gasteiger partial charge in [0.1, 0.15) is 5.82 Å². The van der Waals surface area contributed by atoms with Crippen LogP contribution in [0.1, 0.15) is 21.5 Å². The van der Waals surface area contributed by atoms with Gasteiger partial charge in [-0.2, -0.15) is 0 Å². The minimum Gasteiger partial charge on any atom is -0.436 e. The molecule has 4 rings (SSSR count). The predicted molar refractivity (Wildman–Crippen MR) is 132 cm³/mol. The van der Waals surface area contributed by atoms with Gasteiger partial charge in [-0.05, 0) is 61.4 Å². The molecule has 0 spiro atoms. The molecule has 0 radical (unpaired) electrons. The molecule has 0 unspecified atom stereocenters. The highest BCUT2D eigenvalue weighted by Gasteiger charge is 2.22. The second kappa shape index (κ2) is 9.44. The summed E-state index contributed by atoms with van der Waals surface area (Å²) in [6.07, 6.45) is 1.41. The molecule has 1 heterocycles. The molecule has 7 nitrogen and oxygen atoms in total. The summed E-state index contributed by atoms with van der Waals surface area (Å²) in [5, 5.41) is 2.83. The number of benzene rings is 3. The molecule has 0 atom stereocenters. The van der Waals surface area contributed by atoms with Crippen LogP contribution in [0.25, 0.3) is 22.8 Å². The predicted octanol–water partition coefficient (Wildman–Crippen LogP) is 5.27. The van der Waals surface area contributed by atoms with E-state index < -0.39 is 21.7 Å². The Morgan fingerprint density at radius 3 is 2.34 bits per heavy atom. The first kappa shape index (κ1) is 24.3. The largest absolute Gasteiger partial charge is 0.436 e. The molecule has 1 N–H and O–H groups in total. The molecule has 0 fully saturated rings. The highest BCUT2D eigenvalue weighted by molar-refractivity contribution is 7.89. The van der Waals surface area contributed by atoms with Crippen molar-refractivity contribution < 1.29 is 22.0 Å². The number of nitrogens with zero attached hydrogens (tertiary/aromatic N) is 2. The molecule has 180 valence electrons. The lowest BCUT2D eigenvalue weighted by Gasteiger charge is -2.17. The molecule has 0 aliphatic heterocycles. The van der Waals surface area contributed by atoms with E-state index in [1.165, 1.54) is 32.4 Å². The Morgan fingerprint density at radius 1 is 1.00 bits per heavy atom. The number of carbonyl (C=O) groups excluding carboxylic acids is 1. The van der Waals surface area contributed by atoms with E-state index >= 15 is 0 Å².